The molecule has 3 rings (SSSR count). The highest BCUT2D eigenvalue weighted by Gasteiger charge is 2.22. The number of benzene rings is 3. The van der Waals surface area contributed by atoms with E-state index in [0.717, 1.165) is 22.3 Å². The van der Waals surface area contributed by atoms with Crippen LogP contribution in [-0.2, 0) is 21.4 Å². The smallest absolute Gasteiger partial charge is 0.338 e. The van der Waals surface area contributed by atoms with Gasteiger partial charge in [-0.1, -0.05) is 81.4 Å². The van der Waals surface area contributed by atoms with Crippen LogP contribution < -0.4 is 0 Å². The molecule has 0 fully saturated rings. The predicted molar refractivity (Wildman–Crippen MR) is 136 cm³/mol. The first kappa shape index (κ1) is 25.2. The predicted octanol–water partition coefficient (Wildman–Crippen LogP) is 7.02. The molecule has 1 atom stereocenters. The highest BCUT2D eigenvalue weighted by Crippen LogP contribution is 2.28. The Bertz CT molecular complexity index is 1130. The number of hydrogen-bond donors (Lipinski definition) is 1. The summed E-state index contributed by atoms with van der Waals surface area (Å²) in [6.45, 7) is 12.0. The molecule has 0 amide bonds. The molecule has 0 radical (unpaired) electrons. The maximum atomic E-state index is 12.2. The minimum absolute atomic E-state index is 0.0994. The van der Waals surface area contributed by atoms with Crippen LogP contribution in [0.3, 0.4) is 0 Å². The zero-order chi connectivity index (χ0) is 25.1. The lowest BCUT2D eigenvalue weighted by Crippen LogP contribution is -2.23. The van der Waals surface area contributed by atoms with E-state index in [2.05, 4.69) is 45.0 Å². The summed E-state index contributed by atoms with van der Waals surface area (Å²) in [6.07, 6.45) is 0.337. The van der Waals surface area contributed by atoms with Crippen molar-refractivity contribution in [3.8, 4) is 11.1 Å². The molecule has 0 aliphatic rings. The Balaban J connectivity index is 1.74. The van der Waals surface area contributed by atoms with Crippen molar-refractivity contribution in [3.63, 3.8) is 0 Å². The highest BCUT2D eigenvalue weighted by molar-refractivity contribution is 5.89. The lowest BCUT2D eigenvalue weighted by atomic mass is 9.86. The van der Waals surface area contributed by atoms with E-state index in [0.29, 0.717) is 12.0 Å². The molecule has 0 heterocycles. The lowest BCUT2D eigenvalue weighted by Gasteiger charge is -2.19. The lowest BCUT2D eigenvalue weighted by molar-refractivity contribution is -0.138. The Morgan fingerprint density at radius 1 is 0.765 bits per heavy atom. The molecular formula is C30H34O4. The Labute approximate surface area is 202 Å². The van der Waals surface area contributed by atoms with Gasteiger partial charge in [0, 0.05) is 0 Å². The molecule has 0 saturated carbocycles. The third-order valence-electron chi connectivity index (χ3n) is 5.72. The second-order valence-electron chi connectivity index (χ2n) is 10.7. The van der Waals surface area contributed by atoms with Crippen LogP contribution in [0.15, 0.2) is 72.8 Å². The average Bonchev–Trinajstić information content (AvgIpc) is 2.76. The molecular weight excluding hydrogens is 424 g/mol. The zero-order valence-electron chi connectivity index (χ0n) is 20.9. The maximum Gasteiger partial charge on any atom is 0.338 e. The minimum atomic E-state index is -0.876. The molecule has 0 saturated heterocycles. The number of carbonyl (C=O) groups excluding carboxylic acids is 1. The van der Waals surface area contributed by atoms with E-state index in [9.17, 15) is 14.7 Å². The number of carbonyl (C=O) groups is 2. The summed E-state index contributed by atoms with van der Waals surface area (Å²) in [5, 5.41) is 9.88. The maximum absolute atomic E-state index is 12.2. The quantitative estimate of drug-likeness (QED) is 0.403. The third-order valence-corrected chi connectivity index (χ3v) is 5.72. The summed E-state index contributed by atoms with van der Waals surface area (Å²) in [7, 11) is 0. The van der Waals surface area contributed by atoms with Crippen molar-refractivity contribution in [2.75, 3.05) is 0 Å². The van der Waals surface area contributed by atoms with Crippen LogP contribution >= 0.6 is 0 Å². The van der Waals surface area contributed by atoms with Gasteiger partial charge in [-0.15, -0.1) is 0 Å². The van der Waals surface area contributed by atoms with Gasteiger partial charge in [0.15, 0.2) is 0 Å². The summed E-state index contributed by atoms with van der Waals surface area (Å²) in [6, 6.07) is 23.2. The van der Waals surface area contributed by atoms with Gasteiger partial charge in [0.2, 0.25) is 0 Å². The Morgan fingerprint density at radius 2 is 1.26 bits per heavy atom. The number of carboxylic acids is 1. The van der Waals surface area contributed by atoms with Crippen molar-refractivity contribution < 1.29 is 19.4 Å². The van der Waals surface area contributed by atoms with Crippen molar-refractivity contribution in [1.29, 1.82) is 0 Å². The first-order valence-corrected chi connectivity index (χ1v) is 11.6. The Hall–Kier alpha value is -3.40. The molecule has 0 spiro atoms. The number of esters is 1. The van der Waals surface area contributed by atoms with Crippen molar-refractivity contribution in [3.05, 3.63) is 95.1 Å². The van der Waals surface area contributed by atoms with Crippen LogP contribution in [0.1, 0.15) is 74.5 Å². The number of carboxylic acid groups (broad SMARTS) is 1. The van der Waals surface area contributed by atoms with Gasteiger partial charge in [0.05, 0.1) is 11.5 Å². The molecule has 3 aromatic carbocycles. The number of ether oxygens (including phenoxy) is 1. The summed E-state index contributed by atoms with van der Waals surface area (Å²) >= 11 is 0. The first-order chi connectivity index (χ1) is 15.8. The number of aliphatic carboxylic acids is 1. The average molecular weight is 459 g/mol. The summed E-state index contributed by atoms with van der Waals surface area (Å²) in [5.74, 6) is -1.94. The van der Waals surface area contributed by atoms with Crippen molar-refractivity contribution in [2.45, 2.75) is 64.9 Å². The van der Waals surface area contributed by atoms with E-state index in [1.165, 1.54) is 5.56 Å². The van der Waals surface area contributed by atoms with Crippen molar-refractivity contribution in [2.24, 2.45) is 0 Å². The molecule has 4 heteroatoms. The normalized spacial score (nSPS) is 12.8. The SMILES string of the molecule is CC(C)(C)OC(=O)c1ccc(C[C@@H](C(=O)O)c2ccc(-c3ccc(C(C)(C)C)cc3)cc2)cc1. The fraction of sp³-hybridized carbons (Fsp3) is 0.333. The highest BCUT2D eigenvalue weighted by atomic mass is 16.6. The van der Waals surface area contributed by atoms with Gasteiger partial charge < -0.3 is 9.84 Å². The van der Waals surface area contributed by atoms with Crippen LogP contribution in [0, 0.1) is 0 Å². The van der Waals surface area contributed by atoms with E-state index in [1.54, 1.807) is 24.3 Å². The van der Waals surface area contributed by atoms with Crippen LogP contribution in [0.2, 0.25) is 0 Å². The molecule has 0 aromatic heterocycles. The topological polar surface area (TPSA) is 63.6 Å². The Morgan fingerprint density at radius 3 is 1.71 bits per heavy atom. The van der Waals surface area contributed by atoms with Crippen molar-refractivity contribution >= 4 is 11.9 Å². The van der Waals surface area contributed by atoms with Gasteiger partial charge in [-0.05, 0) is 72.6 Å². The van der Waals surface area contributed by atoms with Crippen LogP contribution in [-0.4, -0.2) is 22.6 Å². The summed E-state index contributed by atoms with van der Waals surface area (Å²) in [5.41, 5.74) is 5.01. The van der Waals surface area contributed by atoms with E-state index in [-0.39, 0.29) is 11.4 Å². The van der Waals surface area contributed by atoms with Gasteiger partial charge in [0.25, 0.3) is 0 Å². The van der Waals surface area contributed by atoms with Gasteiger partial charge in [-0.3, -0.25) is 4.79 Å². The molecule has 3 aromatic rings. The van der Waals surface area contributed by atoms with Crippen molar-refractivity contribution in [1.82, 2.24) is 0 Å². The molecule has 0 unspecified atom stereocenters. The Kier molecular flexibility index (Phi) is 7.30. The van der Waals surface area contributed by atoms with Gasteiger partial charge >= 0.3 is 11.9 Å². The third kappa shape index (κ3) is 6.57. The van der Waals surface area contributed by atoms with E-state index in [4.69, 9.17) is 4.74 Å². The molecule has 4 nitrogen and oxygen atoms in total. The van der Waals surface area contributed by atoms with E-state index in [1.807, 2.05) is 45.0 Å². The molecule has 0 bridgehead atoms. The van der Waals surface area contributed by atoms with E-state index >= 15 is 0 Å². The monoisotopic (exact) mass is 458 g/mol. The molecule has 0 aliphatic heterocycles. The first-order valence-electron chi connectivity index (χ1n) is 11.6. The largest absolute Gasteiger partial charge is 0.481 e. The van der Waals surface area contributed by atoms with Crippen LogP contribution in [0.25, 0.3) is 11.1 Å². The van der Waals surface area contributed by atoms with Crippen LogP contribution in [0.5, 0.6) is 0 Å². The second-order valence-corrected chi connectivity index (χ2v) is 10.7. The minimum Gasteiger partial charge on any atom is -0.481 e. The number of hydrogen-bond acceptors (Lipinski definition) is 3. The van der Waals surface area contributed by atoms with Gasteiger partial charge in [-0.2, -0.15) is 0 Å². The molecule has 0 aliphatic carbocycles. The van der Waals surface area contributed by atoms with Gasteiger partial charge in [0.1, 0.15) is 5.60 Å². The molecule has 34 heavy (non-hydrogen) atoms. The zero-order valence-corrected chi connectivity index (χ0v) is 20.9. The fourth-order valence-electron chi connectivity index (χ4n) is 3.77. The fourth-order valence-corrected chi connectivity index (χ4v) is 3.77. The van der Waals surface area contributed by atoms with Gasteiger partial charge in [-0.25, -0.2) is 4.79 Å². The molecule has 178 valence electrons. The van der Waals surface area contributed by atoms with E-state index < -0.39 is 17.5 Å². The number of rotatable bonds is 6. The molecule has 1 N–H and O–H groups in total. The summed E-state index contributed by atoms with van der Waals surface area (Å²) < 4.78 is 5.39. The standard InChI is InChI=1S/C30H34O4/c1-29(2,3)25-17-15-22(16-18-25)21-11-13-23(14-12-21)26(27(31)32)19-20-7-9-24(10-8-20)28(33)34-30(4,5)6/h7-18,26H,19H2,1-6H3,(H,31,32)/t26-/m1/s1. The van der Waals surface area contributed by atoms with Crippen LogP contribution in [0.4, 0.5) is 0 Å². The second kappa shape index (κ2) is 9.84. The summed E-state index contributed by atoms with van der Waals surface area (Å²) in [4.78, 5) is 24.3.